The van der Waals surface area contributed by atoms with Gasteiger partial charge in [-0.3, -0.25) is 4.79 Å². The number of carbonyl (C=O) groups excluding carboxylic acids is 1. The van der Waals surface area contributed by atoms with E-state index in [4.69, 9.17) is 19.3 Å². The van der Waals surface area contributed by atoms with E-state index in [1.165, 1.54) is 27.8 Å². The van der Waals surface area contributed by atoms with Crippen LogP contribution in [0.5, 0.6) is 0 Å². The van der Waals surface area contributed by atoms with Gasteiger partial charge in [0.15, 0.2) is 5.76 Å². The Kier molecular flexibility index (Phi) is 7.40. The maximum Gasteiger partial charge on any atom is 0.286 e. The predicted octanol–water partition coefficient (Wildman–Crippen LogP) is 4.19. The maximum absolute atomic E-state index is 13.3. The first-order valence-corrected chi connectivity index (χ1v) is 13.3. The van der Waals surface area contributed by atoms with E-state index in [9.17, 15) is 4.79 Å². The van der Waals surface area contributed by atoms with Gasteiger partial charge in [0.05, 0.1) is 44.0 Å². The average Bonchev–Trinajstić information content (AvgIpc) is 3.57. The number of para-hydroxylation sites is 2. The molecular weight excluding hydrogens is 494 g/mol. The highest BCUT2D eigenvalue weighted by Crippen LogP contribution is 2.42. The van der Waals surface area contributed by atoms with Crippen LogP contribution in [0.15, 0.2) is 78.6 Å². The monoisotopic (exact) mass is 525 g/mol. The number of amides is 1. The SMILES string of the molecule is O=C(NCc1nc2ccccc2[nH]1)C1=C[C@H](c2cccc3c2Cc2ccccc2-3)C[C@H](OCCOCCO)O1. The molecule has 0 radical (unpaired) electrons. The van der Waals surface area contributed by atoms with Crippen molar-refractivity contribution in [2.75, 3.05) is 26.4 Å². The zero-order valence-electron chi connectivity index (χ0n) is 21.6. The third-order valence-corrected chi connectivity index (χ3v) is 7.19. The van der Waals surface area contributed by atoms with Crippen molar-refractivity contribution in [2.45, 2.75) is 31.6 Å². The number of benzene rings is 3. The van der Waals surface area contributed by atoms with Crippen LogP contribution in [-0.2, 0) is 32.0 Å². The molecule has 1 aliphatic carbocycles. The minimum atomic E-state index is -0.607. The molecule has 39 heavy (non-hydrogen) atoms. The highest BCUT2D eigenvalue weighted by molar-refractivity contribution is 5.91. The summed E-state index contributed by atoms with van der Waals surface area (Å²) in [5, 5.41) is 11.9. The smallest absolute Gasteiger partial charge is 0.286 e. The maximum atomic E-state index is 13.3. The van der Waals surface area contributed by atoms with E-state index in [1.807, 2.05) is 30.3 Å². The average molecular weight is 526 g/mol. The van der Waals surface area contributed by atoms with Crippen molar-refractivity contribution < 1.29 is 24.1 Å². The molecule has 2 atom stereocenters. The fraction of sp³-hybridized carbons (Fsp3) is 0.290. The van der Waals surface area contributed by atoms with Crippen LogP contribution in [0.2, 0.25) is 0 Å². The summed E-state index contributed by atoms with van der Waals surface area (Å²) in [5.41, 5.74) is 8.07. The molecule has 3 N–H and O–H groups in total. The van der Waals surface area contributed by atoms with Crippen molar-refractivity contribution in [1.29, 1.82) is 0 Å². The van der Waals surface area contributed by atoms with Gasteiger partial charge in [0.2, 0.25) is 6.29 Å². The normalized spacial score (nSPS) is 17.8. The van der Waals surface area contributed by atoms with Gasteiger partial charge in [0.25, 0.3) is 5.91 Å². The van der Waals surface area contributed by atoms with Crippen LogP contribution in [0, 0.1) is 0 Å². The first kappa shape index (κ1) is 25.3. The standard InChI is InChI=1S/C31H31N3O5/c35-12-13-37-14-15-38-30-18-21(23-8-5-9-24-22-7-2-1-6-20(22)16-25(23)24)17-28(39-30)31(36)32-19-29-33-26-10-3-4-11-27(26)34-29/h1-11,17,21,30,35H,12-16,18-19H2,(H,32,36)(H,33,34)/t21-,30+/m0/s1. The molecule has 8 heteroatoms. The van der Waals surface area contributed by atoms with Crippen molar-refractivity contribution >= 4 is 16.9 Å². The summed E-state index contributed by atoms with van der Waals surface area (Å²) in [7, 11) is 0. The lowest BCUT2D eigenvalue weighted by Gasteiger charge is -2.30. The van der Waals surface area contributed by atoms with Gasteiger partial charge in [0.1, 0.15) is 5.82 Å². The second kappa shape index (κ2) is 11.4. The molecule has 2 aliphatic rings. The van der Waals surface area contributed by atoms with Crippen molar-refractivity contribution in [1.82, 2.24) is 15.3 Å². The Bertz CT molecular complexity index is 1480. The fourth-order valence-electron chi connectivity index (χ4n) is 5.41. The van der Waals surface area contributed by atoms with Crippen molar-refractivity contribution in [3.05, 3.63) is 101 Å². The summed E-state index contributed by atoms with van der Waals surface area (Å²) >= 11 is 0. The second-order valence-corrected chi connectivity index (χ2v) is 9.72. The number of aliphatic hydroxyl groups is 1. The van der Waals surface area contributed by atoms with Crippen molar-refractivity contribution in [2.24, 2.45) is 0 Å². The van der Waals surface area contributed by atoms with Crippen LogP contribution >= 0.6 is 0 Å². The van der Waals surface area contributed by atoms with Gasteiger partial charge in [-0.25, -0.2) is 4.98 Å². The molecule has 8 nitrogen and oxygen atoms in total. The number of nitrogens with one attached hydrogen (secondary N) is 2. The second-order valence-electron chi connectivity index (χ2n) is 9.72. The van der Waals surface area contributed by atoms with Crippen LogP contribution in [0.25, 0.3) is 22.2 Å². The van der Waals surface area contributed by atoms with Crippen LogP contribution in [0.1, 0.15) is 34.9 Å². The van der Waals surface area contributed by atoms with Crippen LogP contribution < -0.4 is 5.32 Å². The number of ether oxygens (including phenoxy) is 3. The topological polar surface area (TPSA) is 106 Å². The Hall–Kier alpha value is -3.98. The molecule has 0 fully saturated rings. The first-order chi connectivity index (χ1) is 19.2. The lowest BCUT2D eigenvalue weighted by Crippen LogP contribution is -2.33. The molecule has 0 bridgehead atoms. The molecule has 1 amide bonds. The summed E-state index contributed by atoms with van der Waals surface area (Å²) in [5.74, 6) is 0.529. The molecular formula is C31H31N3O5. The van der Waals surface area contributed by atoms with Crippen LogP contribution in [0.3, 0.4) is 0 Å². The number of rotatable bonds is 10. The lowest BCUT2D eigenvalue weighted by molar-refractivity contribution is -0.151. The summed E-state index contributed by atoms with van der Waals surface area (Å²) in [4.78, 5) is 21.1. The quantitative estimate of drug-likeness (QED) is 0.236. The summed E-state index contributed by atoms with van der Waals surface area (Å²) in [6.07, 6.45) is 2.74. The molecule has 0 saturated carbocycles. The van der Waals surface area contributed by atoms with Gasteiger partial charge in [-0.05, 0) is 52.4 Å². The Labute approximate surface area is 226 Å². The van der Waals surface area contributed by atoms with E-state index in [0.717, 1.165) is 17.5 Å². The molecule has 6 rings (SSSR count). The number of imidazole rings is 1. The van der Waals surface area contributed by atoms with Gasteiger partial charge < -0.3 is 29.6 Å². The Morgan fingerprint density at radius 3 is 2.77 bits per heavy atom. The van der Waals surface area contributed by atoms with Gasteiger partial charge >= 0.3 is 0 Å². The molecule has 0 unspecified atom stereocenters. The van der Waals surface area contributed by atoms with Crippen molar-refractivity contribution in [3.63, 3.8) is 0 Å². The molecule has 0 saturated heterocycles. The zero-order chi connectivity index (χ0) is 26.6. The third kappa shape index (κ3) is 5.45. The molecule has 1 aromatic heterocycles. The number of H-pyrrole nitrogens is 1. The number of hydrogen-bond donors (Lipinski definition) is 3. The molecule has 200 valence electrons. The van der Waals surface area contributed by atoms with Gasteiger partial charge in [0, 0.05) is 12.3 Å². The Morgan fingerprint density at radius 1 is 1.03 bits per heavy atom. The Morgan fingerprint density at radius 2 is 1.87 bits per heavy atom. The summed E-state index contributed by atoms with van der Waals surface area (Å²) in [6, 6.07) is 22.6. The number of carbonyl (C=O) groups is 1. The zero-order valence-corrected chi connectivity index (χ0v) is 21.6. The number of aromatic amines is 1. The van der Waals surface area contributed by atoms with E-state index in [1.54, 1.807) is 0 Å². The third-order valence-electron chi connectivity index (χ3n) is 7.19. The van der Waals surface area contributed by atoms with E-state index >= 15 is 0 Å². The summed E-state index contributed by atoms with van der Waals surface area (Å²) in [6.45, 7) is 1.09. The number of fused-ring (bicyclic) bond motifs is 4. The molecule has 2 heterocycles. The van der Waals surface area contributed by atoms with E-state index in [2.05, 4.69) is 57.7 Å². The van der Waals surface area contributed by atoms with E-state index < -0.39 is 6.29 Å². The number of hydrogen-bond acceptors (Lipinski definition) is 6. The number of aliphatic hydroxyl groups excluding tert-OH is 1. The fourth-order valence-corrected chi connectivity index (χ4v) is 5.41. The molecule has 4 aromatic rings. The van der Waals surface area contributed by atoms with Crippen LogP contribution in [-0.4, -0.2) is 53.7 Å². The summed E-state index contributed by atoms with van der Waals surface area (Å²) < 4.78 is 17.3. The molecule has 3 aromatic carbocycles. The lowest BCUT2D eigenvalue weighted by atomic mass is 9.87. The predicted molar refractivity (Wildman–Crippen MR) is 147 cm³/mol. The van der Waals surface area contributed by atoms with Gasteiger partial charge in [-0.15, -0.1) is 0 Å². The van der Waals surface area contributed by atoms with E-state index in [-0.39, 0.29) is 37.3 Å². The number of aromatic nitrogens is 2. The molecule has 0 spiro atoms. The Balaban J connectivity index is 1.22. The minimum Gasteiger partial charge on any atom is -0.459 e. The van der Waals surface area contributed by atoms with Crippen molar-refractivity contribution in [3.8, 4) is 11.1 Å². The minimum absolute atomic E-state index is 0.0399. The van der Waals surface area contributed by atoms with Gasteiger partial charge in [-0.2, -0.15) is 0 Å². The highest BCUT2D eigenvalue weighted by atomic mass is 16.7. The number of nitrogens with zero attached hydrogens (tertiary/aromatic N) is 1. The highest BCUT2D eigenvalue weighted by Gasteiger charge is 2.32. The van der Waals surface area contributed by atoms with Gasteiger partial charge in [-0.1, -0.05) is 54.6 Å². The molecule has 1 aliphatic heterocycles. The van der Waals surface area contributed by atoms with Crippen LogP contribution in [0.4, 0.5) is 0 Å². The van der Waals surface area contributed by atoms with E-state index in [0.29, 0.717) is 25.5 Å². The largest absolute Gasteiger partial charge is 0.459 e. The first-order valence-electron chi connectivity index (χ1n) is 13.3. The number of allylic oxidation sites excluding steroid dienone is 1.